The normalized spacial score (nSPS) is 11.3. The molecule has 4 rings (SSSR count). The molecule has 0 radical (unpaired) electrons. The fourth-order valence-electron chi connectivity index (χ4n) is 3.53. The number of halogens is 2. The highest BCUT2D eigenvalue weighted by Crippen LogP contribution is 2.41. The molecule has 0 spiro atoms. The Hall–Kier alpha value is -2.77. The van der Waals surface area contributed by atoms with Gasteiger partial charge in [0.15, 0.2) is 0 Å². The first-order chi connectivity index (χ1) is 14.9. The van der Waals surface area contributed by atoms with Gasteiger partial charge in [-0.1, -0.05) is 29.4 Å². The molecule has 0 aliphatic carbocycles. The molecule has 2 aromatic heterocycles. The monoisotopic (exact) mass is 457 g/mol. The van der Waals surface area contributed by atoms with E-state index < -0.39 is 11.8 Å². The lowest BCUT2D eigenvalue weighted by Crippen LogP contribution is -2.05. The zero-order chi connectivity index (χ0) is 22.1. The maximum Gasteiger partial charge on any atom is 0.338 e. The summed E-state index contributed by atoms with van der Waals surface area (Å²) in [5, 5.41) is 6.00. The second kappa shape index (κ2) is 8.77. The number of carbonyl (C=O) groups is 1. The molecule has 0 aliphatic heterocycles. The summed E-state index contributed by atoms with van der Waals surface area (Å²) >= 11 is 7.70. The average molecular weight is 458 g/mol. The van der Waals surface area contributed by atoms with Crippen molar-refractivity contribution < 1.29 is 13.9 Å². The minimum absolute atomic E-state index is 0.193. The van der Waals surface area contributed by atoms with Crippen LogP contribution in [0, 0.1) is 12.7 Å². The molecule has 2 heterocycles. The summed E-state index contributed by atoms with van der Waals surface area (Å²) in [7, 11) is 0. The minimum Gasteiger partial charge on any atom is -0.462 e. The largest absolute Gasteiger partial charge is 0.462 e. The third kappa shape index (κ3) is 4.20. The van der Waals surface area contributed by atoms with E-state index in [1.165, 1.54) is 23.9 Å². The van der Waals surface area contributed by atoms with Crippen LogP contribution in [0.4, 0.5) is 4.39 Å². The number of aryl methyl sites for hydroxylation is 1. The van der Waals surface area contributed by atoms with Gasteiger partial charge in [0.05, 0.1) is 29.6 Å². The molecule has 4 aromatic rings. The molecule has 0 saturated heterocycles. The summed E-state index contributed by atoms with van der Waals surface area (Å²) in [5.74, 6) is -1.02. The van der Waals surface area contributed by atoms with Crippen LogP contribution >= 0.6 is 23.4 Å². The quantitative estimate of drug-likeness (QED) is 0.320. The van der Waals surface area contributed by atoms with E-state index in [0.29, 0.717) is 9.92 Å². The number of esters is 1. The Kier molecular flexibility index (Phi) is 6.07. The number of benzene rings is 2. The van der Waals surface area contributed by atoms with Crippen molar-refractivity contribution in [2.45, 2.75) is 37.1 Å². The molecule has 31 heavy (non-hydrogen) atoms. The van der Waals surface area contributed by atoms with Crippen LogP contribution in [0.1, 0.15) is 29.9 Å². The number of rotatable bonds is 6. The van der Waals surface area contributed by atoms with Gasteiger partial charge in [0.2, 0.25) is 0 Å². The molecule has 5 nitrogen and oxygen atoms in total. The number of nitrogens with zero attached hydrogens (tertiary/aromatic N) is 3. The van der Waals surface area contributed by atoms with Crippen LogP contribution in [0.25, 0.3) is 16.6 Å². The first-order valence-corrected chi connectivity index (χ1v) is 11.1. The predicted molar refractivity (Wildman–Crippen MR) is 121 cm³/mol. The molecule has 0 fully saturated rings. The van der Waals surface area contributed by atoms with Gasteiger partial charge in [-0.15, -0.1) is 0 Å². The van der Waals surface area contributed by atoms with Crippen molar-refractivity contribution in [3.63, 3.8) is 0 Å². The first-order valence-electron chi connectivity index (χ1n) is 9.90. The van der Waals surface area contributed by atoms with Gasteiger partial charge >= 0.3 is 5.97 Å². The summed E-state index contributed by atoms with van der Waals surface area (Å²) in [4.78, 5) is 13.7. The highest BCUT2D eigenvalue weighted by atomic mass is 35.5. The highest BCUT2D eigenvalue weighted by Gasteiger charge is 2.19. The van der Waals surface area contributed by atoms with E-state index in [4.69, 9.17) is 16.3 Å². The van der Waals surface area contributed by atoms with Crippen molar-refractivity contribution in [2.75, 3.05) is 6.61 Å². The zero-order valence-corrected chi connectivity index (χ0v) is 18.9. The fourth-order valence-corrected chi connectivity index (χ4v) is 4.81. The molecule has 160 valence electrons. The second-order valence-corrected chi connectivity index (χ2v) is 8.48. The number of aromatic nitrogens is 3. The van der Waals surface area contributed by atoms with E-state index in [9.17, 15) is 9.18 Å². The summed E-state index contributed by atoms with van der Waals surface area (Å²) in [6.45, 7) is 6.75. The van der Waals surface area contributed by atoms with Crippen LogP contribution in [0.2, 0.25) is 5.02 Å². The van der Waals surface area contributed by atoms with Crippen LogP contribution in [0.5, 0.6) is 0 Å². The molecule has 0 N–H and O–H groups in total. The van der Waals surface area contributed by atoms with Crippen molar-refractivity contribution in [1.82, 2.24) is 14.3 Å². The Bertz CT molecular complexity index is 1280. The lowest BCUT2D eigenvalue weighted by atomic mass is 10.2. The van der Waals surface area contributed by atoms with Crippen LogP contribution in [-0.4, -0.2) is 26.9 Å². The van der Waals surface area contributed by atoms with E-state index in [-0.39, 0.29) is 12.2 Å². The van der Waals surface area contributed by atoms with E-state index in [2.05, 4.69) is 9.67 Å². The Balaban J connectivity index is 1.84. The van der Waals surface area contributed by atoms with Gasteiger partial charge in [-0.2, -0.15) is 5.10 Å². The number of ether oxygens (including phenoxy) is 1. The molecular weight excluding hydrogens is 437 g/mol. The highest BCUT2D eigenvalue weighted by molar-refractivity contribution is 7.99. The standard InChI is InChI=1S/C23H21ClFN3O2S/c1-4-27-13-18(12-26-27)28-14(3)22(20-7-6-16(24)10-21(20)28)31-19-9-15(8-17(25)11-19)23(29)30-5-2/h6-13H,4-5H2,1-3H3. The van der Waals surface area contributed by atoms with Crippen LogP contribution in [-0.2, 0) is 11.3 Å². The third-order valence-electron chi connectivity index (χ3n) is 4.91. The maximum absolute atomic E-state index is 14.3. The maximum atomic E-state index is 14.3. The van der Waals surface area contributed by atoms with Crippen LogP contribution in [0.3, 0.4) is 0 Å². The topological polar surface area (TPSA) is 49.1 Å². The first kappa shape index (κ1) is 21.5. The van der Waals surface area contributed by atoms with E-state index >= 15 is 0 Å². The smallest absolute Gasteiger partial charge is 0.338 e. The summed E-state index contributed by atoms with van der Waals surface area (Å²) in [6.07, 6.45) is 3.79. The summed E-state index contributed by atoms with van der Waals surface area (Å²) in [5.41, 5.74) is 3.02. The van der Waals surface area contributed by atoms with E-state index in [1.54, 1.807) is 13.0 Å². The van der Waals surface area contributed by atoms with Crippen molar-refractivity contribution in [1.29, 1.82) is 0 Å². The van der Waals surface area contributed by atoms with Gasteiger partial charge in [-0.3, -0.25) is 4.68 Å². The molecule has 0 amide bonds. The Morgan fingerprint density at radius 3 is 2.74 bits per heavy atom. The Morgan fingerprint density at radius 1 is 1.23 bits per heavy atom. The zero-order valence-electron chi connectivity index (χ0n) is 17.4. The Labute approximate surface area is 188 Å². The molecule has 0 saturated carbocycles. The molecule has 8 heteroatoms. The predicted octanol–water partition coefficient (Wildman–Crippen LogP) is 6.28. The average Bonchev–Trinajstić information content (AvgIpc) is 3.30. The van der Waals surface area contributed by atoms with Crippen LogP contribution < -0.4 is 0 Å². The van der Waals surface area contributed by atoms with Gasteiger partial charge in [-0.25, -0.2) is 9.18 Å². The molecule has 0 atom stereocenters. The van der Waals surface area contributed by atoms with Crippen molar-refractivity contribution in [2.24, 2.45) is 0 Å². The Morgan fingerprint density at radius 2 is 2.03 bits per heavy atom. The van der Waals surface area contributed by atoms with Gasteiger partial charge in [-0.05, 0) is 51.1 Å². The van der Waals surface area contributed by atoms with Crippen molar-refractivity contribution in [3.8, 4) is 5.69 Å². The third-order valence-corrected chi connectivity index (χ3v) is 6.34. The fraction of sp³-hybridized carbons (Fsp3) is 0.217. The van der Waals surface area contributed by atoms with Crippen molar-refractivity contribution in [3.05, 3.63) is 70.9 Å². The van der Waals surface area contributed by atoms with E-state index in [1.807, 2.05) is 49.1 Å². The number of carbonyl (C=O) groups excluding carboxylic acids is 1. The number of hydrogen-bond donors (Lipinski definition) is 0. The van der Waals surface area contributed by atoms with Gasteiger partial charge < -0.3 is 9.30 Å². The lowest BCUT2D eigenvalue weighted by Gasteiger charge is -2.08. The molecular formula is C23H21ClFN3O2S. The number of fused-ring (bicyclic) bond motifs is 1. The van der Waals surface area contributed by atoms with Gasteiger partial charge in [0.1, 0.15) is 5.82 Å². The minimum atomic E-state index is -0.540. The van der Waals surface area contributed by atoms with Crippen LogP contribution in [0.15, 0.2) is 58.6 Å². The van der Waals surface area contributed by atoms with E-state index in [0.717, 1.165) is 33.7 Å². The molecule has 2 aromatic carbocycles. The van der Waals surface area contributed by atoms with Gasteiger partial charge in [0, 0.05) is 38.6 Å². The second-order valence-electron chi connectivity index (χ2n) is 6.96. The molecule has 0 bridgehead atoms. The molecule has 0 aliphatic rings. The lowest BCUT2D eigenvalue weighted by molar-refractivity contribution is 0.0525. The summed E-state index contributed by atoms with van der Waals surface area (Å²) < 4.78 is 23.2. The van der Waals surface area contributed by atoms with Crippen molar-refractivity contribution >= 4 is 40.2 Å². The molecule has 0 unspecified atom stereocenters. The number of hydrogen-bond acceptors (Lipinski definition) is 4. The SMILES string of the molecule is CCOC(=O)c1cc(F)cc(Sc2c(C)n(-c3cnn(CC)c3)c3cc(Cl)ccc23)c1. The summed E-state index contributed by atoms with van der Waals surface area (Å²) in [6, 6.07) is 9.96. The van der Waals surface area contributed by atoms with Gasteiger partial charge in [0.25, 0.3) is 0 Å².